The maximum atomic E-state index is 9.53. The van der Waals surface area contributed by atoms with E-state index in [1.54, 1.807) is 21.3 Å². The van der Waals surface area contributed by atoms with E-state index in [0.29, 0.717) is 0 Å². The molecule has 0 atom stereocenters. The van der Waals surface area contributed by atoms with Gasteiger partial charge in [-0.25, -0.2) is 0 Å². The molecule has 0 amide bonds. The Morgan fingerprint density at radius 3 is 1.50 bits per heavy atom. The van der Waals surface area contributed by atoms with Crippen molar-refractivity contribution < 1.29 is 36.4 Å². The van der Waals surface area contributed by atoms with Crippen LogP contribution < -0.4 is 5.11 Å². The molecule has 0 bridgehead atoms. The average molecular weight is 345 g/mol. The van der Waals surface area contributed by atoms with E-state index in [1.165, 1.54) is 0 Å². The van der Waals surface area contributed by atoms with Gasteiger partial charge in [-0.2, -0.15) is 0 Å². The summed E-state index contributed by atoms with van der Waals surface area (Å²) in [5, 5.41) is 9.53. The van der Waals surface area contributed by atoms with Gasteiger partial charge in [-0.3, -0.25) is 0 Å². The van der Waals surface area contributed by atoms with E-state index in [1.807, 2.05) is 6.92 Å². The van der Waals surface area contributed by atoms with Gasteiger partial charge in [0.15, 0.2) is 0 Å². The van der Waals surface area contributed by atoms with Crippen LogP contribution in [0.25, 0.3) is 0 Å². The number of hydrogen-bond acceptors (Lipinski definition) is 4. The zero-order valence-electron chi connectivity index (χ0n) is 8.25. The first kappa shape index (κ1) is 15.2. The Balaban J connectivity index is 0. The molecule has 0 unspecified atom stereocenters. The quantitative estimate of drug-likeness (QED) is 0.679. The molecule has 0 aromatic carbocycles. The summed E-state index contributed by atoms with van der Waals surface area (Å²) in [6.45, 7) is 2.11. The zero-order chi connectivity index (χ0) is 9.82. The zero-order valence-corrected chi connectivity index (χ0v) is 11.8. The van der Waals surface area contributed by atoms with Crippen LogP contribution in [0.15, 0.2) is 0 Å². The third kappa shape index (κ3) is 13.3. The molecule has 0 aromatic rings. The van der Waals surface area contributed by atoms with E-state index in [4.69, 9.17) is 8.56 Å². The van der Waals surface area contributed by atoms with Gasteiger partial charge in [0.1, 0.15) is 0 Å². The molecular weight excluding hydrogens is 327 g/mol. The van der Waals surface area contributed by atoms with Gasteiger partial charge >= 0.3 is 52.6 Å². The van der Waals surface area contributed by atoms with Crippen LogP contribution in [0.1, 0.15) is 19.8 Å². The van der Waals surface area contributed by atoms with Crippen molar-refractivity contribution in [2.75, 3.05) is 27.9 Å². The molecule has 0 saturated heterocycles. The van der Waals surface area contributed by atoms with E-state index >= 15 is 0 Å². The second-order valence-corrected chi connectivity index (χ2v) is 8.12. The van der Waals surface area contributed by atoms with Crippen LogP contribution in [0, 0.1) is 0 Å². The molecule has 0 N–H and O–H groups in total. The van der Waals surface area contributed by atoms with Crippen LogP contribution in [0.2, 0.25) is 0 Å². The Morgan fingerprint density at radius 2 is 1.50 bits per heavy atom. The van der Waals surface area contributed by atoms with Crippen LogP contribution in [0.5, 0.6) is 0 Å². The summed E-state index contributed by atoms with van der Waals surface area (Å²) in [7, 11) is 4.82. The summed E-state index contributed by atoms with van der Waals surface area (Å²) in [5.74, 6) is 0. The average Bonchev–Trinajstić information content (AvgIpc) is 2.10. The molecule has 0 aliphatic heterocycles. The summed E-state index contributed by atoms with van der Waals surface area (Å²) in [6, 6.07) is 0. The van der Waals surface area contributed by atoms with Crippen LogP contribution in [0.3, 0.4) is 0 Å². The number of rotatable bonds is 5. The first-order valence-electron chi connectivity index (χ1n) is 3.83. The molecule has 12 heavy (non-hydrogen) atoms. The predicted octanol–water partition coefficient (Wildman–Crippen LogP) is 0.436. The molecule has 0 radical (unpaired) electrons. The molecule has 0 aliphatic rings. The van der Waals surface area contributed by atoms with E-state index in [-0.39, 0.29) is 6.61 Å². The Kier molecular flexibility index (Phi) is 18.0. The van der Waals surface area contributed by atoms with Crippen molar-refractivity contribution in [1.82, 2.24) is 0 Å². The minimum atomic E-state index is -2.29. The minimum absolute atomic E-state index is 0.0938. The summed E-state index contributed by atoms with van der Waals surface area (Å²) in [5.41, 5.74) is 0. The Bertz CT molecular complexity index is 60.9. The van der Waals surface area contributed by atoms with Gasteiger partial charge in [-0.05, 0) is 0 Å². The third-order valence-electron chi connectivity index (χ3n) is 0.998. The maximum absolute atomic E-state index is 9.53. The van der Waals surface area contributed by atoms with Crippen molar-refractivity contribution in [3.63, 3.8) is 0 Å². The van der Waals surface area contributed by atoms with Crippen molar-refractivity contribution >= 4 is 0 Å². The fourth-order valence-corrected chi connectivity index (χ4v) is 2.19. The van der Waals surface area contributed by atoms with Gasteiger partial charge in [-0.1, -0.05) is 19.8 Å². The van der Waals surface area contributed by atoms with Crippen LogP contribution in [-0.2, 0) is 31.3 Å². The summed E-state index contributed by atoms with van der Waals surface area (Å²) < 4.78 is 14.5. The standard InChI is InChI=1S/C4H9O.3CH3O.Hf/c1-2-3-4-5;3*1-2;/h2-4H2,1H3;3*1H3;/q4*-1;+4. The molecule has 0 spiro atoms. The van der Waals surface area contributed by atoms with Gasteiger partial charge in [0.05, 0.1) is 0 Å². The van der Waals surface area contributed by atoms with Gasteiger partial charge in [0.25, 0.3) is 0 Å². The molecule has 74 valence electrons. The van der Waals surface area contributed by atoms with Gasteiger partial charge < -0.3 is 5.11 Å². The molecular formula is C7H18HfO4. The van der Waals surface area contributed by atoms with Crippen molar-refractivity contribution in [3.8, 4) is 0 Å². The van der Waals surface area contributed by atoms with Crippen LogP contribution >= 0.6 is 0 Å². The molecule has 5 heteroatoms. The summed E-state index contributed by atoms with van der Waals surface area (Å²) in [6.07, 6.45) is 1.86. The predicted molar refractivity (Wildman–Crippen MR) is 40.8 cm³/mol. The molecule has 0 aliphatic carbocycles. The summed E-state index contributed by atoms with van der Waals surface area (Å²) in [4.78, 5) is 0. The monoisotopic (exact) mass is 346 g/mol. The van der Waals surface area contributed by atoms with Gasteiger partial charge in [0, 0.05) is 0 Å². The number of unbranched alkanes of at least 4 members (excludes halogenated alkanes) is 1. The van der Waals surface area contributed by atoms with Crippen molar-refractivity contribution in [2.24, 2.45) is 0 Å². The third-order valence-corrected chi connectivity index (χ3v) is 4.59. The fourth-order valence-electron chi connectivity index (χ4n) is 0.394. The molecule has 4 nitrogen and oxygen atoms in total. The van der Waals surface area contributed by atoms with Crippen LogP contribution in [0.4, 0.5) is 0 Å². The first-order valence-corrected chi connectivity index (χ1v) is 8.23. The fraction of sp³-hybridized carbons (Fsp3) is 1.00. The van der Waals surface area contributed by atoms with E-state index in [9.17, 15) is 5.11 Å². The SMILES string of the molecule is CCCC[O-].C[O][Hf+]([O]C)[O]C. The molecule has 0 fully saturated rings. The van der Waals surface area contributed by atoms with E-state index in [2.05, 4.69) is 0 Å². The van der Waals surface area contributed by atoms with Crippen LogP contribution in [-0.4, -0.2) is 27.9 Å². The molecule has 0 saturated carbocycles. The number of hydrogen-bond donors (Lipinski definition) is 0. The Hall–Kier alpha value is 0.710. The van der Waals surface area contributed by atoms with Crippen molar-refractivity contribution in [2.45, 2.75) is 19.8 Å². The van der Waals surface area contributed by atoms with Gasteiger partial charge in [-0.15, -0.1) is 6.61 Å². The molecule has 0 rings (SSSR count). The molecule has 0 aromatic heterocycles. The Morgan fingerprint density at radius 1 is 1.08 bits per heavy atom. The summed E-state index contributed by atoms with van der Waals surface area (Å²) >= 11 is -2.29. The second-order valence-electron chi connectivity index (χ2n) is 1.92. The normalized spacial score (nSPS) is 8.75. The second kappa shape index (κ2) is 14.2. The Labute approximate surface area is 84.2 Å². The van der Waals surface area contributed by atoms with Gasteiger partial charge in [0.2, 0.25) is 0 Å². The van der Waals surface area contributed by atoms with Crippen molar-refractivity contribution in [1.29, 1.82) is 0 Å². The molecule has 0 heterocycles. The van der Waals surface area contributed by atoms with Crippen molar-refractivity contribution in [3.05, 3.63) is 0 Å². The topological polar surface area (TPSA) is 50.8 Å². The van der Waals surface area contributed by atoms with E-state index in [0.717, 1.165) is 12.8 Å². The first-order chi connectivity index (χ1) is 5.76. The van der Waals surface area contributed by atoms with E-state index < -0.39 is 22.7 Å².